The van der Waals surface area contributed by atoms with E-state index >= 15 is 0 Å². The van der Waals surface area contributed by atoms with Crippen LogP contribution in [0.4, 0.5) is 0 Å². The zero-order chi connectivity index (χ0) is 11.1. The van der Waals surface area contributed by atoms with Crippen molar-refractivity contribution in [2.45, 2.75) is 29.8 Å². The van der Waals surface area contributed by atoms with Crippen LogP contribution in [0.1, 0.15) is 19.3 Å². The van der Waals surface area contributed by atoms with E-state index < -0.39 is 22.3 Å². The van der Waals surface area contributed by atoms with Gasteiger partial charge in [0.05, 0.1) is 0 Å². The molecule has 0 aromatic heterocycles. The molecule has 0 aliphatic heterocycles. The molecule has 0 fully saturated rings. The van der Waals surface area contributed by atoms with Gasteiger partial charge in [-0.1, -0.05) is 6.42 Å². The molecule has 0 aliphatic rings. The first-order valence-electron chi connectivity index (χ1n) is 4.11. The van der Waals surface area contributed by atoms with Crippen LogP contribution in [-0.4, -0.2) is 65.6 Å². The molecule has 8 heteroatoms. The summed E-state index contributed by atoms with van der Waals surface area (Å²) < 4.78 is 18.7. The summed E-state index contributed by atoms with van der Waals surface area (Å²) in [5.74, 6) is -0.760. The predicted molar refractivity (Wildman–Crippen MR) is 69.8 cm³/mol. The Balaban J connectivity index is 0. The normalized spacial score (nSPS) is 16.2. The summed E-state index contributed by atoms with van der Waals surface area (Å²) in [5.41, 5.74) is 0. The van der Waals surface area contributed by atoms with Crippen molar-refractivity contribution >= 4 is 71.9 Å². The van der Waals surface area contributed by atoms with Gasteiger partial charge in [-0.25, -0.2) is 4.21 Å². The molecule has 0 amide bonds. The number of aliphatic carboxylic acids is 1. The molecule has 4 nitrogen and oxygen atoms in total. The number of hydrogen-bond donors (Lipinski definition) is 4. The standard InChI is InChI=1S/C7H14O4S3.Na.H/c8-7(9)6(13)5(12)3-1-2-4-14(10)11;;/h5-6,12-13H,1-4H2,(H,8,9)(H,10,11);;. The third-order valence-corrected chi connectivity index (χ3v) is 3.70. The number of carboxylic acid groups (broad SMARTS) is 1. The van der Waals surface area contributed by atoms with Crippen LogP contribution in [0.3, 0.4) is 0 Å². The first kappa shape index (κ1) is 18.6. The number of unbranched alkanes of at least 4 members (excludes halogenated alkanes) is 1. The fourth-order valence-electron chi connectivity index (χ4n) is 0.901. The Hall–Kier alpha value is 1.28. The fourth-order valence-corrected chi connectivity index (χ4v) is 1.81. The van der Waals surface area contributed by atoms with Gasteiger partial charge in [0, 0.05) is 11.0 Å². The number of thiol groups is 2. The third-order valence-electron chi connectivity index (χ3n) is 1.69. The molecule has 0 radical (unpaired) electrons. The van der Waals surface area contributed by atoms with Gasteiger partial charge in [-0.05, 0) is 12.8 Å². The summed E-state index contributed by atoms with van der Waals surface area (Å²) in [6.45, 7) is 0. The first-order valence-corrected chi connectivity index (χ1v) is 6.42. The minimum absolute atomic E-state index is 0. The molecule has 0 bridgehead atoms. The van der Waals surface area contributed by atoms with Gasteiger partial charge in [-0.2, -0.15) is 25.3 Å². The number of carbonyl (C=O) groups is 1. The van der Waals surface area contributed by atoms with Crippen LogP contribution in [-0.2, 0) is 15.9 Å². The van der Waals surface area contributed by atoms with E-state index in [1.165, 1.54) is 0 Å². The van der Waals surface area contributed by atoms with Crippen LogP contribution in [0.25, 0.3) is 0 Å². The van der Waals surface area contributed by atoms with E-state index in [1.54, 1.807) is 0 Å². The zero-order valence-electron chi connectivity index (χ0n) is 7.50. The van der Waals surface area contributed by atoms with Gasteiger partial charge in [0.1, 0.15) is 5.25 Å². The molecule has 2 N–H and O–H groups in total. The first-order chi connectivity index (χ1) is 6.45. The average Bonchev–Trinajstić information content (AvgIpc) is 2.10. The predicted octanol–water partition coefficient (Wildman–Crippen LogP) is 0.411. The van der Waals surface area contributed by atoms with Crippen molar-refractivity contribution in [3.63, 3.8) is 0 Å². The van der Waals surface area contributed by atoms with Crippen LogP contribution in [0, 0.1) is 0 Å². The Labute approximate surface area is 125 Å². The van der Waals surface area contributed by atoms with Gasteiger partial charge >= 0.3 is 35.5 Å². The Morgan fingerprint density at radius 3 is 2.27 bits per heavy atom. The molecule has 0 aliphatic carbocycles. The molecule has 0 spiro atoms. The molecule has 0 aromatic rings. The molecule has 3 unspecified atom stereocenters. The summed E-state index contributed by atoms with van der Waals surface area (Å²) in [6, 6.07) is 0. The number of hydrogen-bond acceptors (Lipinski definition) is 4. The summed E-state index contributed by atoms with van der Waals surface area (Å²) in [5, 5.41) is 7.49. The second-order valence-corrected chi connectivity index (χ2v) is 5.14. The zero-order valence-corrected chi connectivity index (χ0v) is 10.1. The van der Waals surface area contributed by atoms with E-state index in [2.05, 4.69) is 25.3 Å². The maximum absolute atomic E-state index is 10.5. The summed E-state index contributed by atoms with van der Waals surface area (Å²) in [6.07, 6.45) is 1.87. The van der Waals surface area contributed by atoms with Crippen molar-refractivity contribution in [2.24, 2.45) is 0 Å². The van der Waals surface area contributed by atoms with Gasteiger partial charge in [0.25, 0.3) is 0 Å². The topological polar surface area (TPSA) is 74.6 Å². The van der Waals surface area contributed by atoms with Gasteiger partial charge in [-0.15, -0.1) is 0 Å². The molecule has 0 heterocycles. The SMILES string of the molecule is O=C(O)C(S)C(S)CCCCS(=O)O.[NaH]. The van der Waals surface area contributed by atoms with Gasteiger partial charge in [-0.3, -0.25) is 4.79 Å². The third kappa shape index (κ3) is 10.2. The van der Waals surface area contributed by atoms with Crippen molar-refractivity contribution in [2.75, 3.05) is 5.75 Å². The van der Waals surface area contributed by atoms with Crippen molar-refractivity contribution < 1.29 is 18.7 Å². The van der Waals surface area contributed by atoms with E-state index in [1.807, 2.05) is 0 Å². The Bertz CT molecular complexity index is 214. The quantitative estimate of drug-likeness (QED) is 0.236. The second kappa shape index (κ2) is 10.4. The van der Waals surface area contributed by atoms with Crippen molar-refractivity contribution in [3.05, 3.63) is 0 Å². The Morgan fingerprint density at radius 2 is 1.87 bits per heavy atom. The van der Waals surface area contributed by atoms with E-state index in [4.69, 9.17) is 9.66 Å². The van der Waals surface area contributed by atoms with E-state index in [0.29, 0.717) is 19.3 Å². The molecule has 86 valence electrons. The van der Waals surface area contributed by atoms with Crippen molar-refractivity contribution in [1.29, 1.82) is 0 Å². The summed E-state index contributed by atoms with van der Waals surface area (Å²) in [7, 11) is 0. The molecular formula is C7H15NaO4S3. The number of carboxylic acids is 1. The fraction of sp³-hybridized carbons (Fsp3) is 0.857. The maximum atomic E-state index is 10.5. The van der Waals surface area contributed by atoms with Crippen LogP contribution in [0.5, 0.6) is 0 Å². The second-order valence-electron chi connectivity index (χ2n) is 2.87. The molecule has 0 saturated heterocycles. The van der Waals surface area contributed by atoms with Gasteiger partial charge in [0.15, 0.2) is 11.1 Å². The van der Waals surface area contributed by atoms with Gasteiger partial charge < -0.3 is 9.66 Å². The summed E-state index contributed by atoms with van der Waals surface area (Å²) in [4.78, 5) is 10.5. The number of rotatable bonds is 7. The van der Waals surface area contributed by atoms with Crippen molar-refractivity contribution in [3.8, 4) is 0 Å². The van der Waals surface area contributed by atoms with Crippen molar-refractivity contribution in [1.82, 2.24) is 0 Å². The molecular weight excluding hydrogens is 267 g/mol. The van der Waals surface area contributed by atoms with E-state index in [-0.39, 0.29) is 40.6 Å². The minimum atomic E-state index is -1.76. The molecule has 3 atom stereocenters. The van der Waals surface area contributed by atoms with Crippen LogP contribution < -0.4 is 0 Å². The van der Waals surface area contributed by atoms with E-state index in [0.717, 1.165) is 0 Å². The molecule has 0 aromatic carbocycles. The van der Waals surface area contributed by atoms with E-state index in [9.17, 15) is 9.00 Å². The summed E-state index contributed by atoms with van der Waals surface area (Å²) >= 11 is 6.21. The Morgan fingerprint density at radius 1 is 1.33 bits per heavy atom. The van der Waals surface area contributed by atoms with Crippen LogP contribution in [0.15, 0.2) is 0 Å². The van der Waals surface area contributed by atoms with Crippen LogP contribution in [0.2, 0.25) is 0 Å². The molecule has 0 rings (SSSR count). The Kier molecular flexibility index (Phi) is 13.0. The van der Waals surface area contributed by atoms with Gasteiger partial charge in [0.2, 0.25) is 0 Å². The van der Waals surface area contributed by atoms with Crippen LogP contribution >= 0.6 is 25.3 Å². The average molecular weight is 282 g/mol. The monoisotopic (exact) mass is 282 g/mol. The molecule has 15 heavy (non-hydrogen) atoms. The molecule has 0 saturated carbocycles.